The first-order chi connectivity index (χ1) is 15.4. The van der Waals surface area contributed by atoms with E-state index in [1.807, 2.05) is 25.7 Å². The summed E-state index contributed by atoms with van der Waals surface area (Å²) in [5, 5.41) is 9.08. The number of rotatable bonds is 5. The van der Waals surface area contributed by atoms with Gasteiger partial charge in [-0.1, -0.05) is 12.1 Å². The molecule has 4 rings (SSSR count). The molecule has 2 aromatic carbocycles. The van der Waals surface area contributed by atoms with E-state index in [2.05, 4.69) is 6.07 Å². The lowest BCUT2D eigenvalue weighted by molar-refractivity contribution is -0.121. The van der Waals surface area contributed by atoms with Gasteiger partial charge in [0.05, 0.1) is 41.7 Å². The second-order valence-electron chi connectivity index (χ2n) is 7.95. The smallest absolute Gasteiger partial charge is 0.282 e. The van der Waals surface area contributed by atoms with Crippen LogP contribution in [-0.4, -0.2) is 48.6 Å². The van der Waals surface area contributed by atoms with Crippen LogP contribution in [0, 0.1) is 11.3 Å². The van der Waals surface area contributed by atoms with Crippen molar-refractivity contribution >= 4 is 23.1 Å². The second-order valence-corrected chi connectivity index (χ2v) is 7.95. The fraction of sp³-hybridized carbons (Fsp3) is 0.320. The Hall–Kier alpha value is -3.63. The summed E-state index contributed by atoms with van der Waals surface area (Å²) in [6.45, 7) is 7.39. The molecule has 0 bridgehead atoms. The topological polar surface area (TPSA) is 82.9 Å². The molecule has 7 nitrogen and oxygen atoms in total. The van der Waals surface area contributed by atoms with E-state index in [1.54, 1.807) is 48.5 Å². The van der Waals surface area contributed by atoms with Gasteiger partial charge in [0.25, 0.3) is 11.8 Å². The number of amides is 2. The van der Waals surface area contributed by atoms with Crippen molar-refractivity contribution in [3.8, 4) is 11.8 Å². The minimum Gasteiger partial charge on any atom is -0.494 e. The first kappa shape index (κ1) is 21.6. The highest BCUT2D eigenvalue weighted by molar-refractivity contribution is 6.45. The molecule has 0 aromatic heterocycles. The van der Waals surface area contributed by atoms with E-state index in [1.165, 1.54) is 4.90 Å². The number of ether oxygens (including phenoxy) is 2. The van der Waals surface area contributed by atoms with Crippen molar-refractivity contribution in [3.63, 3.8) is 0 Å². The van der Waals surface area contributed by atoms with Crippen molar-refractivity contribution in [2.24, 2.45) is 0 Å². The maximum atomic E-state index is 13.6. The Bertz CT molecular complexity index is 1090. The van der Waals surface area contributed by atoms with Gasteiger partial charge in [-0.3, -0.25) is 9.59 Å². The van der Waals surface area contributed by atoms with Crippen LogP contribution in [0.2, 0.25) is 0 Å². The van der Waals surface area contributed by atoms with E-state index in [0.717, 1.165) is 0 Å². The number of hydrogen-bond acceptors (Lipinski definition) is 6. The van der Waals surface area contributed by atoms with Crippen molar-refractivity contribution < 1.29 is 19.1 Å². The monoisotopic (exact) mass is 431 g/mol. The van der Waals surface area contributed by atoms with Crippen LogP contribution < -0.4 is 9.64 Å². The SMILES string of the molecule is CCOc1ccc(C2=C(N3CC(C)OC(C)C3)C(=O)N(c3ccc(C#N)cc3)C2=O)cc1. The van der Waals surface area contributed by atoms with Crippen molar-refractivity contribution in [2.75, 3.05) is 24.6 Å². The summed E-state index contributed by atoms with van der Waals surface area (Å²) in [4.78, 5) is 30.3. The molecule has 2 aliphatic rings. The highest BCUT2D eigenvalue weighted by Gasteiger charge is 2.43. The number of carbonyl (C=O) groups is 2. The standard InChI is InChI=1S/C25H25N3O4/c1-4-31-21-11-7-19(8-12-21)22-23(27-14-16(2)32-17(3)15-27)25(30)28(24(22)29)20-9-5-18(13-26)6-10-20/h5-12,16-17H,4,14-15H2,1-3H3. The lowest BCUT2D eigenvalue weighted by atomic mass is 10.0. The molecule has 7 heteroatoms. The van der Waals surface area contributed by atoms with Crippen LogP contribution in [0.25, 0.3) is 5.57 Å². The average molecular weight is 431 g/mol. The molecule has 1 saturated heterocycles. The van der Waals surface area contributed by atoms with Crippen molar-refractivity contribution in [3.05, 3.63) is 65.4 Å². The molecular weight excluding hydrogens is 406 g/mol. The molecule has 2 atom stereocenters. The predicted octanol–water partition coefficient (Wildman–Crippen LogP) is 3.35. The second kappa shape index (κ2) is 8.85. The quantitative estimate of drug-likeness (QED) is 0.675. The van der Waals surface area contributed by atoms with Crippen LogP contribution in [0.4, 0.5) is 5.69 Å². The number of hydrogen-bond donors (Lipinski definition) is 0. The first-order valence-electron chi connectivity index (χ1n) is 10.7. The largest absolute Gasteiger partial charge is 0.494 e. The Morgan fingerprint density at radius 2 is 1.62 bits per heavy atom. The van der Waals surface area contributed by atoms with Gasteiger partial charge in [-0.2, -0.15) is 5.26 Å². The maximum Gasteiger partial charge on any atom is 0.282 e. The lowest BCUT2D eigenvalue weighted by Crippen LogP contribution is -2.47. The van der Waals surface area contributed by atoms with Crippen LogP contribution in [0.1, 0.15) is 31.9 Å². The summed E-state index contributed by atoms with van der Waals surface area (Å²) in [7, 11) is 0. The van der Waals surface area contributed by atoms with Crippen molar-refractivity contribution in [2.45, 2.75) is 33.0 Å². The molecule has 2 heterocycles. The fourth-order valence-corrected chi connectivity index (χ4v) is 4.24. The number of benzene rings is 2. The molecule has 2 amide bonds. The Kier molecular flexibility index (Phi) is 5.97. The zero-order valence-electron chi connectivity index (χ0n) is 18.4. The molecule has 2 unspecified atom stereocenters. The predicted molar refractivity (Wildman–Crippen MR) is 120 cm³/mol. The Labute approximate surface area is 187 Å². The summed E-state index contributed by atoms with van der Waals surface area (Å²) in [6, 6.07) is 15.7. The van der Waals surface area contributed by atoms with E-state index >= 15 is 0 Å². The molecule has 0 spiro atoms. The van der Waals surface area contributed by atoms with Crippen LogP contribution in [0.15, 0.2) is 54.2 Å². The van der Waals surface area contributed by atoms with Crippen molar-refractivity contribution in [1.29, 1.82) is 5.26 Å². The number of morpholine rings is 1. The normalized spacial score (nSPS) is 21.2. The van der Waals surface area contributed by atoms with Gasteiger partial charge in [0.15, 0.2) is 0 Å². The molecule has 2 aliphatic heterocycles. The summed E-state index contributed by atoms with van der Waals surface area (Å²) in [5.74, 6) is -0.0525. The average Bonchev–Trinajstić information content (AvgIpc) is 3.04. The molecule has 1 fully saturated rings. The molecule has 0 saturated carbocycles. The summed E-state index contributed by atoms with van der Waals surface area (Å²) in [5.41, 5.74) is 2.30. The van der Waals surface area contributed by atoms with Gasteiger partial charge in [-0.05, 0) is 62.7 Å². The molecule has 0 radical (unpaired) electrons. The van der Waals surface area contributed by atoms with Gasteiger partial charge in [0.2, 0.25) is 0 Å². The van der Waals surface area contributed by atoms with Crippen molar-refractivity contribution in [1.82, 2.24) is 4.90 Å². The van der Waals surface area contributed by atoms with Gasteiger partial charge in [-0.15, -0.1) is 0 Å². The fourth-order valence-electron chi connectivity index (χ4n) is 4.24. The number of nitrogens with zero attached hydrogens (tertiary/aromatic N) is 3. The van der Waals surface area contributed by atoms with Gasteiger partial charge in [0.1, 0.15) is 11.4 Å². The molecule has 32 heavy (non-hydrogen) atoms. The zero-order valence-corrected chi connectivity index (χ0v) is 18.4. The van der Waals surface area contributed by atoms with Crippen LogP contribution >= 0.6 is 0 Å². The van der Waals surface area contributed by atoms with Gasteiger partial charge < -0.3 is 14.4 Å². The van der Waals surface area contributed by atoms with Crippen LogP contribution in [0.3, 0.4) is 0 Å². The third-order valence-electron chi connectivity index (χ3n) is 5.50. The summed E-state index contributed by atoms with van der Waals surface area (Å²) >= 11 is 0. The first-order valence-corrected chi connectivity index (χ1v) is 10.7. The molecule has 164 valence electrons. The lowest BCUT2D eigenvalue weighted by Gasteiger charge is -2.37. The number of imide groups is 1. The summed E-state index contributed by atoms with van der Waals surface area (Å²) in [6.07, 6.45) is -0.139. The van der Waals surface area contributed by atoms with E-state index in [4.69, 9.17) is 14.7 Å². The Balaban J connectivity index is 1.79. The Morgan fingerprint density at radius 1 is 1.00 bits per heavy atom. The van der Waals surface area contributed by atoms with Crippen LogP contribution in [-0.2, 0) is 14.3 Å². The minimum absolute atomic E-state index is 0.0697. The maximum absolute atomic E-state index is 13.6. The highest BCUT2D eigenvalue weighted by Crippen LogP contribution is 2.36. The molecular formula is C25H25N3O4. The number of nitriles is 1. The third kappa shape index (κ3) is 3.97. The van der Waals surface area contributed by atoms with E-state index in [9.17, 15) is 9.59 Å². The molecule has 0 N–H and O–H groups in total. The minimum atomic E-state index is -0.384. The number of anilines is 1. The molecule has 0 aliphatic carbocycles. The highest BCUT2D eigenvalue weighted by atomic mass is 16.5. The van der Waals surface area contributed by atoms with Gasteiger partial charge >= 0.3 is 0 Å². The summed E-state index contributed by atoms with van der Waals surface area (Å²) < 4.78 is 11.4. The Morgan fingerprint density at radius 3 is 2.19 bits per heavy atom. The molecule has 2 aromatic rings. The van der Waals surface area contributed by atoms with Crippen LogP contribution in [0.5, 0.6) is 5.75 Å². The van der Waals surface area contributed by atoms with Gasteiger partial charge in [-0.25, -0.2) is 4.90 Å². The van der Waals surface area contributed by atoms with E-state index in [0.29, 0.717) is 53.5 Å². The van der Waals surface area contributed by atoms with E-state index < -0.39 is 0 Å². The van der Waals surface area contributed by atoms with E-state index in [-0.39, 0.29) is 24.0 Å². The van der Waals surface area contributed by atoms with Gasteiger partial charge in [0, 0.05) is 13.1 Å². The third-order valence-corrected chi connectivity index (χ3v) is 5.50. The zero-order chi connectivity index (χ0) is 22.8. The number of carbonyl (C=O) groups excluding carboxylic acids is 2.